The summed E-state index contributed by atoms with van der Waals surface area (Å²) in [5.74, 6) is 0.570. The van der Waals surface area contributed by atoms with E-state index in [2.05, 4.69) is 37.0 Å². The molecule has 0 aliphatic heterocycles. The third-order valence-corrected chi connectivity index (χ3v) is 4.05. The summed E-state index contributed by atoms with van der Waals surface area (Å²) in [5, 5.41) is 11.0. The molecule has 0 fully saturated rings. The van der Waals surface area contributed by atoms with Crippen LogP contribution in [0.25, 0.3) is 0 Å². The third-order valence-electron chi connectivity index (χ3n) is 3.11. The maximum absolute atomic E-state index is 12.6. The number of rotatable bonds is 7. The lowest BCUT2D eigenvalue weighted by molar-refractivity contribution is -0.141. The highest BCUT2D eigenvalue weighted by Gasteiger charge is 2.32. The molecule has 2 rings (SSSR count). The molecule has 0 unspecified atom stereocenters. The third kappa shape index (κ3) is 7.72. The van der Waals surface area contributed by atoms with Gasteiger partial charge in [-0.15, -0.1) is 35.3 Å². The van der Waals surface area contributed by atoms with Gasteiger partial charge in [0.25, 0.3) is 0 Å². The van der Waals surface area contributed by atoms with Crippen molar-refractivity contribution in [3.63, 3.8) is 0 Å². The number of nitrogens with zero attached hydrogens (tertiary/aromatic N) is 3. The zero-order chi connectivity index (χ0) is 18.1. The molecule has 0 aliphatic carbocycles. The van der Waals surface area contributed by atoms with Crippen molar-refractivity contribution >= 4 is 47.2 Å². The number of aliphatic imine (C=N–C) groups is 1. The molecule has 0 saturated heterocycles. The second kappa shape index (κ2) is 11.2. The van der Waals surface area contributed by atoms with Gasteiger partial charge in [0, 0.05) is 37.8 Å². The van der Waals surface area contributed by atoms with Crippen LogP contribution in [0, 0.1) is 0 Å². The molecule has 6 nitrogen and oxygen atoms in total. The summed E-state index contributed by atoms with van der Waals surface area (Å²) in [7, 11) is 1.66. The van der Waals surface area contributed by atoms with E-state index in [0.29, 0.717) is 19.0 Å². The fraction of sp³-hybridized carbons (Fsp3) is 0.400. The van der Waals surface area contributed by atoms with Gasteiger partial charge in [0.2, 0.25) is 5.95 Å². The topological polar surface area (TPSA) is 74.2 Å². The molecular formula is C15H20F3IN6S. The number of alkyl halides is 3. The van der Waals surface area contributed by atoms with Crippen molar-refractivity contribution in [2.24, 2.45) is 4.99 Å². The van der Waals surface area contributed by atoms with Gasteiger partial charge in [-0.3, -0.25) is 4.99 Å². The maximum Gasteiger partial charge on any atom is 0.433 e. The first kappa shape index (κ1) is 22.4. The predicted molar refractivity (Wildman–Crippen MR) is 108 cm³/mol. The van der Waals surface area contributed by atoms with E-state index in [1.807, 2.05) is 11.4 Å². The summed E-state index contributed by atoms with van der Waals surface area (Å²) < 4.78 is 37.7. The molecule has 11 heteroatoms. The summed E-state index contributed by atoms with van der Waals surface area (Å²) in [6.45, 7) is 1.55. The van der Waals surface area contributed by atoms with Crippen LogP contribution in [-0.4, -0.2) is 42.6 Å². The van der Waals surface area contributed by atoms with Gasteiger partial charge in [-0.2, -0.15) is 13.2 Å². The average Bonchev–Trinajstić information content (AvgIpc) is 3.10. The molecule has 0 aromatic carbocycles. The fourth-order valence-electron chi connectivity index (χ4n) is 1.94. The minimum atomic E-state index is -4.48. The van der Waals surface area contributed by atoms with E-state index in [9.17, 15) is 13.2 Å². The van der Waals surface area contributed by atoms with Crippen molar-refractivity contribution < 1.29 is 13.2 Å². The molecule has 0 amide bonds. The molecule has 0 aliphatic rings. The molecule has 3 N–H and O–H groups in total. The number of thiophene rings is 1. The zero-order valence-electron chi connectivity index (χ0n) is 14.0. The van der Waals surface area contributed by atoms with Crippen LogP contribution in [0.5, 0.6) is 0 Å². The number of halogens is 4. The van der Waals surface area contributed by atoms with E-state index in [4.69, 9.17) is 0 Å². The zero-order valence-corrected chi connectivity index (χ0v) is 17.2. The van der Waals surface area contributed by atoms with Gasteiger partial charge in [-0.1, -0.05) is 6.07 Å². The van der Waals surface area contributed by atoms with E-state index in [1.54, 1.807) is 18.4 Å². The molecule has 2 aromatic heterocycles. The molecule has 2 aromatic rings. The van der Waals surface area contributed by atoms with Gasteiger partial charge in [0.15, 0.2) is 5.96 Å². The Morgan fingerprint density at radius 2 is 1.96 bits per heavy atom. The molecule has 144 valence electrons. The van der Waals surface area contributed by atoms with Crippen LogP contribution in [0.3, 0.4) is 0 Å². The van der Waals surface area contributed by atoms with Crippen molar-refractivity contribution in [2.75, 3.05) is 32.0 Å². The van der Waals surface area contributed by atoms with Crippen LogP contribution >= 0.6 is 35.3 Å². The van der Waals surface area contributed by atoms with Crippen LogP contribution in [0.15, 0.2) is 34.8 Å². The van der Waals surface area contributed by atoms with Crippen molar-refractivity contribution in [3.8, 4) is 0 Å². The highest BCUT2D eigenvalue weighted by molar-refractivity contribution is 14.0. The van der Waals surface area contributed by atoms with Crippen molar-refractivity contribution in [1.82, 2.24) is 20.6 Å². The van der Waals surface area contributed by atoms with Gasteiger partial charge in [-0.05, 0) is 23.9 Å². The minimum Gasteiger partial charge on any atom is -0.356 e. The molecule has 26 heavy (non-hydrogen) atoms. The van der Waals surface area contributed by atoms with Crippen molar-refractivity contribution in [1.29, 1.82) is 0 Å². The van der Waals surface area contributed by atoms with Crippen molar-refractivity contribution in [3.05, 3.63) is 40.3 Å². The number of nitrogens with one attached hydrogen (secondary N) is 3. The minimum absolute atomic E-state index is 0. The molecule has 2 heterocycles. The Morgan fingerprint density at radius 3 is 2.62 bits per heavy atom. The van der Waals surface area contributed by atoms with Crippen LogP contribution in [0.4, 0.5) is 19.1 Å². The number of hydrogen-bond donors (Lipinski definition) is 3. The van der Waals surface area contributed by atoms with E-state index in [0.717, 1.165) is 25.2 Å². The number of aromatic nitrogens is 2. The van der Waals surface area contributed by atoms with Crippen LogP contribution < -0.4 is 16.0 Å². The Morgan fingerprint density at radius 1 is 1.19 bits per heavy atom. The maximum atomic E-state index is 12.6. The summed E-state index contributed by atoms with van der Waals surface area (Å²) in [4.78, 5) is 12.6. The Balaban J connectivity index is 0.00000338. The first-order valence-corrected chi connectivity index (χ1v) is 8.48. The second-order valence-electron chi connectivity index (χ2n) is 4.95. The van der Waals surface area contributed by atoms with E-state index < -0.39 is 11.9 Å². The second-order valence-corrected chi connectivity index (χ2v) is 5.98. The van der Waals surface area contributed by atoms with Crippen LogP contribution in [-0.2, 0) is 12.6 Å². The Bertz CT molecular complexity index is 678. The standard InChI is InChI=1S/C15H19F3N6S.HI/c1-19-13(20-6-4-11-3-2-10-25-11)22-8-9-23-14-21-7-5-12(24-14)15(16,17)18;/h2-3,5,7,10H,4,6,8-9H2,1H3,(H2,19,20,22)(H,21,23,24);1H. The van der Waals surface area contributed by atoms with Crippen LogP contribution in [0.1, 0.15) is 10.6 Å². The van der Waals surface area contributed by atoms with Gasteiger partial charge in [0.1, 0.15) is 5.69 Å². The van der Waals surface area contributed by atoms with Gasteiger partial charge in [-0.25, -0.2) is 9.97 Å². The van der Waals surface area contributed by atoms with E-state index >= 15 is 0 Å². The quantitative estimate of drug-likeness (QED) is 0.236. The van der Waals surface area contributed by atoms with Gasteiger partial charge < -0.3 is 16.0 Å². The lowest BCUT2D eigenvalue weighted by Gasteiger charge is -2.12. The lowest BCUT2D eigenvalue weighted by atomic mass is 10.3. The highest BCUT2D eigenvalue weighted by atomic mass is 127. The molecule has 0 bridgehead atoms. The molecule has 0 radical (unpaired) electrons. The SMILES string of the molecule is CN=C(NCCNc1nccc(C(F)(F)F)n1)NCCc1cccs1.I. The predicted octanol–water partition coefficient (Wildman–Crippen LogP) is 2.99. The van der Waals surface area contributed by atoms with E-state index in [1.165, 1.54) is 4.88 Å². The summed E-state index contributed by atoms with van der Waals surface area (Å²) >= 11 is 1.70. The number of anilines is 1. The van der Waals surface area contributed by atoms with E-state index in [-0.39, 0.29) is 29.9 Å². The molecular weight excluding hydrogens is 480 g/mol. The van der Waals surface area contributed by atoms with Crippen LogP contribution in [0.2, 0.25) is 0 Å². The summed E-state index contributed by atoms with van der Waals surface area (Å²) in [6, 6.07) is 4.92. The largest absolute Gasteiger partial charge is 0.433 e. The number of guanidine groups is 1. The molecule has 0 atom stereocenters. The monoisotopic (exact) mass is 500 g/mol. The number of hydrogen-bond acceptors (Lipinski definition) is 5. The molecule has 0 spiro atoms. The van der Waals surface area contributed by atoms with Gasteiger partial charge >= 0.3 is 6.18 Å². The Hall–Kier alpha value is -1.63. The summed E-state index contributed by atoms with van der Waals surface area (Å²) in [6.07, 6.45) is -2.50. The smallest absolute Gasteiger partial charge is 0.356 e. The lowest BCUT2D eigenvalue weighted by Crippen LogP contribution is -2.40. The normalized spacial score (nSPS) is 11.6. The Labute approximate surface area is 170 Å². The first-order chi connectivity index (χ1) is 12.0. The fourth-order valence-corrected chi connectivity index (χ4v) is 2.65. The Kier molecular flexibility index (Phi) is 9.62. The highest BCUT2D eigenvalue weighted by Crippen LogP contribution is 2.27. The van der Waals surface area contributed by atoms with Crippen molar-refractivity contribution in [2.45, 2.75) is 12.6 Å². The average molecular weight is 500 g/mol. The first-order valence-electron chi connectivity index (χ1n) is 7.60. The van der Waals surface area contributed by atoms with Gasteiger partial charge in [0.05, 0.1) is 0 Å². The summed E-state index contributed by atoms with van der Waals surface area (Å²) in [5.41, 5.74) is -0.969. The molecule has 0 saturated carbocycles.